The molecule has 2 aromatic rings. The van der Waals surface area contributed by atoms with Crippen molar-refractivity contribution < 1.29 is 4.74 Å². The van der Waals surface area contributed by atoms with Crippen LogP contribution in [0.2, 0.25) is 0 Å². The van der Waals surface area contributed by atoms with Gasteiger partial charge in [0.05, 0.1) is 12.3 Å². The number of hydrogen-bond donors (Lipinski definition) is 1. The number of hydrogen-bond acceptors (Lipinski definition) is 5. The first kappa shape index (κ1) is 19.9. The van der Waals surface area contributed by atoms with Gasteiger partial charge in [0.15, 0.2) is 5.65 Å². The van der Waals surface area contributed by atoms with Crippen LogP contribution < -0.4 is 10.4 Å². The van der Waals surface area contributed by atoms with Crippen molar-refractivity contribution in [2.24, 2.45) is 0 Å². The molecule has 0 saturated carbocycles. The molecule has 27 heavy (non-hydrogen) atoms. The average molecular weight is 376 g/mol. The van der Waals surface area contributed by atoms with Gasteiger partial charge in [0, 0.05) is 6.54 Å². The van der Waals surface area contributed by atoms with Crippen LogP contribution in [-0.4, -0.2) is 50.2 Å². The van der Waals surface area contributed by atoms with E-state index in [1.165, 1.54) is 45.3 Å². The van der Waals surface area contributed by atoms with Crippen LogP contribution in [0.3, 0.4) is 0 Å². The lowest BCUT2D eigenvalue weighted by atomic mass is 10.1. The molecule has 0 radical (unpaired) electrons. The summed E-state index contributed by atoms with van der Waals surface area (Å²) in [6.45, 7) is 8.50. The molecular formula is C20H33N5O2. The van der Waals surface area contributed by atoms with E-state index in [0.717, 1.165) is 25.7 Å². The van der Waals surface area contributed by atoms with Crippen molar-refractivity contribution in [3.8, 4) is 6.01 Å². The first-order chi connectivity index (χ1) is 13.2. The summed E-state index contributed by atoms with van der Waals surface area (Å²) in [5, 5.41) is 0. The molecule has 0 spiro atoms. The van der Waals surface area contributed by atoms with Crippen LogP contribution in [0.4, 0.5) is 0 Å². The molecule has 3 rings (SSSR count). The second-order valence-corrected chi connectivity index (χ2v) is 7.65. The van der Waals surface area contributed by atoms with E-state index in [4.69, 9.17) is 4.74 Å². The van der Waals surface area contributed by atoms with E-state index in [0.29, 0.717) is 23.7 Å². The van der Waals surface area contributed by atoms with Gasteiger partial charge < -0.3 is 14.6 Å². The number of aromatic amines is 1. The fourth-order valence-corrected chi connectivity index (χ4v) is 3.80. The van der Waals surface area contributed by atoms with Crippen LogP contribution in [0.1, 0.15) is 65.2 Å². The Morgan fingerprint density at radius 2 is 1.96 bits per heavy atom. The number of nitrogens with one attached hydrogen (secondary N) is 1. The number of likely N-dealkylation sites (tertiary alicyclic amines) is 1. The number of piperidine rings is 1. The van der Waals surface area contributed by atoms with Crippen molar-refractivity contribution in [1.82, 2.24) is 24.4 Å². The number of aryl methyl sites for hydroxylation is 1. The first-order valence-electron chi connectivity index (χ1n) is 10.5. The molecule has 1 aliphatic rings. The number of nitrogens with zero attached hydrogens (tertiary/aromatic N) is 4. The third-order valence-electron chi connectivity index (χ3n) is 5.30. The van der Waals surface area contributed by atoms with Gasteiger partial charge in [0.2, 0.25) is 0 Å². The summed E-state index contributed by atoms with van der Waals surface area (Å²) in [7, 11) is 0. The summed E-state index contributed by atoms with van der Waals surface area (Å²) in [5.41, 5.74) is 1.20. The van der Waals surface area contributed by atoms with Crippen LogP contribution in [0.15, 0.2) is 11.0 Å². The molecule has 1 N–H and O–H groups in total. The molecule has 1 atom stereocenters. The third-order valence-corrected chi connectivity index (χ3v) is 5.30. The normalized spacial score (nSPS) is 16.7. The van der Waals surface area contributed by atoms with Crippen LogP contribution in [0.5, 0.6) is 6.01 Å². The van der Waals surface area contributed by atoms with Crippen LogP contribution in [0, 0.1) is 0 Å². The number of fused-ring (bicyclic) bond motifs is 1. The van der Waals surface area contributed by atoms with E-state index in [2.05, 4.69) is 26.8 Å². The SMILES string of the molecule is CCC[C@H](C)Oc1ncc2[nH]c(=O)n(CCCCCN3CCCCC3)c2n1. The zero-order valence-corrected chi connectivity index (χ0v) is 16.7. The van der Waals surface area contributed by atoms with E-state index in [1.807, 2.05) is 6.92 Å². The van der Waals surface area contributed by atoms with Crippen molar-refractivity contribution in [1.29, 1.82) is 0 Å². The molecule has 0 aromatic carbocycles. The van der Waals surface area contributed by atoms with E-state index >= 15 is 0 Å². The summed E-state index contributed by atoms with van der Waals surface area (Å²) in [5.74, 6) is 0. The van der Waals surface area contributed by atoms with E-state index in [1.54, 1.807) is 10.8 Å². The average Bonchev–Trinajstić information content (AvgIpc) is 2.97. The van der Waals surface area contributed by atoms with E-state index in [9.17, 15) is 4.79 Å². The fourth-order valence-electron chi connectivity index (χ4n) is 3.80. The molecule has 1 aliphatic heterocycles. The first-order valence-corrected chi connectivity index (χ1v) is 10.5. The maximum atomic E-state index is 12.3. The van der Waals surface area contributed by atoms with Gasteiger partial charge in [-0.15, -0.1) is 0 Å². The van der Waals surface area contributed by atoms with Crippen molar-refractivity contribution in [2.45, 2.75) is 77.9 Å². The van der Waals surface area contributed by atoms with E-state index in [-0.39, 0.29) is 11.8 Å². The Hall–Kier alpha value is -1.89. The lowest BCUT2D eigenvalue weighted by molar-refractivity contribution is 0.193. The summed E-state index contributed by atoms with van der Waals surface area (Å²) < 4.78 is 7.50. The summed E-state index contributed by atoms with van der Waals surface area (Å²) in [4.78, 5) is 26.4. The Labute approximate surface area is 161 Å². The van der Waals surface area contributed by atoms with Crippen molar-refractivity contribution >= 4 is 11.2 Å². The standard InChI is InChI=1S/C20H33N5O2/c1-3-10-16(2)27-19-21-15-17-18(23-19)25(20(26)22-17)14-9-5-8-13-24-11-6-4-7-12-24/h15-16H,3-14H2,1-2H3,(H,22,26)/t16-/m0/s1. The lowest BCUT2D eigenvalue weighted by Crippen LogP contribution is -2.30. The van der Waals surface area contributed by atoms with Crippen molar-refractivity contribution in [3.63, 3.8) is 0 Å². The second kappa shape index (κ2) is 9.88. The topological polar surface area (TPSA) is 76.0 Å². The van der Waals surface area contributed by atoms with Crippen LogP contribution >= 0.6 is 0 Å². The zero-order valence-electron chi connectivity index (χ0n) is 16.7. The molecule has 0 unspecified atom stereocenters. The molecular weight excluding hydrogens is 342 g/mol. The quantitative estimate of drug-likeness (QED) is 0.645. The van der Waals surface area contributed by atoms with Gasteiger partial charge >= 0.3 is 11.7 Å². The van der Waals surface area contributed by atoms with Crippen molar-refractivity contribution in [3.05, 3.63) is 16.7 Å². The summed E-state index contributed by atoms with van der Waals surface area (Å²) >= 11 is 0. The Morgan fingerprint density at radius 3 is 2.74 bits per heavy atom. The highest BCUT2D eigenvalue weighted by atomic mass is 16.5. The number of aromatic nitrogens is 4. The maximum Gasteiger partial charge on any atom is 0.327 e. The Morgan fingerprint density at radius 1 is 1.19 bits per heavy atom. The Balaban J connectivity index is 1.54. The van der Waals surface area contributed by atoms with Crippen molar-refractivity contribution in [2.75, 3.05) is 19.6 Å². The second-order valence-electron chi connectivity index (χ2n) is 7.65. The molecule has 2 aromatic heterocycles. The zero-order chi connectivity index (χ0) is 19.1. The molecule has 0 amide bonds. The van der Waals surface area contributed by atoms with Gasteiger partial charge in [-0.25, -0.2) is 9.78 Å². The van der Waals surface area contributed by atoms with Gasteiger partial charge in [-0.05, 0) is 58.7 Å². The highest BCUT2D eigenvalue weighted by Crippen LogP contribution is 2.14. The number of ether oxygens (including phenoxy) is 1. The van der Waals surface area contributed by atoms with Crippen LogP contribution in [0.25, 0.3) is 11.2 Å². The summed E-state index contributed by atoms with van der Waals surface area (Å²) in [6.07, 6.45) is 11.1. The Bertz CT molecular complexity index is 763. The van der Waals surface area contributed by atoms with Gasteiger partial charge in [-0.1, -0.05) is 26.2 Å². The minimum atomic E-state index is -0.117. The molecule has 7 heteroatoms. The number of rotatable bonds is 10. The number of imidazole rings is 1. The molecule has 7 nitrogen and oxygen atoms in total. The fraction of sp³-hybridized carbons (Fsp3) is 0.750. The number of H-pyrrole nitrogens is 1. The monoisotopic (exact) mass is 375 g/mol. The van der Waals surface area contributed by atoms with E-state index < -0.39 is 0 Å². The molecule has 1 fully saturated rings. The minimum absolute atomic E-state index is 0.0707. The maximum absolute atomic E-state index is 12.3. The largest absolute Gasteiger partial charge is 0.460 e. The number of unbranched alkanes of at least 4 members (excludes halogenated alkanes) is 2. The van der Waals surface area contributed by atoms with Gasteiger partial charge in [0.1, 0.15) is 5.52 Å². The highest BCUT2D eigenvalue weighted by molar-refractivity contribution is 5.69. The molecule has 150 valence electrons. The minimum Gasteiger partial charge on any atom is -0.460 e. The lowest BCUT2D eigenvalue weighted by Gasteiger charge is -2.26. The Kier molecular flexibility index (Phi) is 7.26. The third kappa shape index (κ3) is 5.54. The molecule has 0 bridgehead atoms. The predicted octanol–water partition coefficient (Wildman–Crippen LogP) is 3.34. The van der Waals surface area contributed by atoms with Gasteiger partial charge in [-0.2, -0.15) is 4.98 Å². The smallest absolute Gasteiger partial charge is 0.327 e. The predicted molar refractivity (Wildman–Crippen MR) is 107 cm³/mol. The van der Waals surface area contributed by atoms with Gasteiger partial charge in [0.25, 0.3) is 0 Å². The molecule has 3 heterocycles. The summed E-state index contributed by atoms with van der Waals surface area (Å²) in [6, 6.07) is 0.348. The molecule has 1 saturated heterocycles. The van der Waals surface area contributed by atoms with Crippen LogP contribution in [-0.2, 0) is 6.54 Å². The molecule has 0 aliphatic carbocycles. The highest BCUT2D eigenvalue weighted by Gasteiger charge is 2.13. The van der Waals surface area contributed by atoms with Gasteiger partial charge in [-0.3, -0.25) is 4.57 Å².